The Bertz CT molecular complexity index is 265. The van der Waals surface area contributed by atoms with Crippen LogP contribution >= 0.6 is 0 Å². The molecule has 84 valence electrons. The molecule has 1 aliphatic carbocycles. The molecule has 0 radical (unpaired) electrons. The molecule has 1 amide bonds. The third-order valence-electron chi connectivity index (χ3n) is 2.32. The molecule has 0 spiro atoms. The summed E-state index contributed by atoms with van der Waals surface area (Å²) in [4.78, 5) is 13.4. The number of amides is 1. The Morgan fingerprint density at radius 1 is 1.33 bits per heavy atom. The number of hydrogen-bond acceptors (Lipinski definition) is 3. The van der Waals surface area contributed by atoms with Crippen LogP contribution in [-0.2, 0) is 4.79 Å². The van der Waals surface area contributed by atoms with Crippen LogP contribution in [0.3, 0.4) is 0 Å². The predicted molar refractivity (Wildman–Crippen MR) is 57.2 cm³/mol. The van der Waals surface area contributed by atoms with Crippen LogP contribution in [0.5, 0.6) is 0 Å². The van der Waals surface area contributed by atoms with Crippen LogP contribution in [0.25, 0.3) is 0 Å². The number of aliphatic hydroxyl groups excluding tert-OH is 2. The van der Waals surface area contributed by atoms with E-state index < -0.39 is 0 Å². The summed E-state index contributed by atoms with van der Waals surface area (Å²) < 4.78 is 0. The molecule has 2 N–H and O–H groups in total. The molecular weight excluding hydrogens is 194 g/mol. The number of hydrogen-bond donors (Lipinski definition) is 2. The van der Waals surface area contributed by atoms with Gasteiger partial charge in [0, 0.05) is 18.7 Å². The molecule has 0 aliphatic heterocycles. The van der Waals surface area contributed by atoms with Crippen LogP contribution in [0.4, 0.5) is 0 Å². The van der Waals surface area contributed by atoms with E-state index in [4.69, 9.17) is 10.2 Å². The zero-order valence-electron chi connectivity index (χ0n) is 8.72. The molecule has 4 heteroatoms. The van der Waals surface area contributed by atoms with E-state index >= 15 is 0 Å². The normalized spacial score (nSPS) is 14.9. The Morgan fingerprint density at radius 3 is 2.47 bits per heavy atom. The highest BCUT2D eigenvalue weighted by atomic mass is 16.3. The van der Waals surface area contributed by atoms with Gasteiger partial charge in [0.1, 0.15) is 0 Å². The van der Waals surface area contributed by atoms with Crippen LogP contribution < -0.4 is 0 Å². The average Bonchev–Trinajstić information content (AvgIpc) is 2.29. The second-order valence-electron chi connectivity index (χ2n) is 3.40. The fourth-order valence-corrected chi connectivity index (χ4v) is 1.54. The van der Waals surface area contributed by atoms with Crippen LogP contribution in [0.15, 0.2) is 23.8 Å². The predicted octanol–water partition coefficient (Wildman–Crippen LogP) is 0.0760. The van der Waals surface area contributed by atoms with E-state index in [0.717, 1.165) is 18.4 Å². The molecule has 0 aromatic carbocycles. The second-order valence-corrected chi connectivity index (χ2v) is 3.40. The van der Waals surface area contributed by atoms with Gasteiger partial charge >= 0.3 is 0 Å². The maximum absolute atomic E-state index is 11.9. The van der Waals surface area contributed by atoms with Crippen molar-refractivity contribution in [3.63, 3.8) is 0 Å². The average molecular weight is 211 g/mol. The Morgan fingerprint density at radius 2 is 2.00 bits per heavy atom. The molecule has 0 aromatic rings. The minimum Gasteiger partial charge on any atom is -0.395 e. The lowest BCUT2D eigenvalue weighted by Crippen LogP contribution is -2.36. The van der Waals surface area contributed by atoms with Crippen molar-refractivity contribution in [2.75, 3.05) is 26.3 Å². The highest BCUT2D eigenvalue weighted by molar-refractivity contribution is 5.94. The zero-order valence-corrected chi connectivity index (χ0v) is 8.72. The monoisotopic (exact) mass is 211 g/mol. The van der Waals surface area contributed by atoms with Gasteiger partial charge in [0.25, 0.3) is 0 Å². The van der Waals surface area contributed by atoms with Crippen molar-refractivity contribution in [2.45, 2.75) is 12.8 Å². The van der Waals surface area contributed by atoms with E-state index in [1.807, 2.05) is 12.2 Å². The third kappa shape index (κ3) is 3.49. The molecule has 0 aromatic heterocycles. The van der Waals surface area contributed by atoms with Crippen molar-refractivity contribution < 1.29 is 15.0 Å². The highest BCUT2D eigenvalue weighted by Crippen LogP contribution is 2.14. The number of nitrogens with zero attached hydrogens (tertiary/aromatic N) is 1. The summed E-state index contributed by atoms with van der Waals surface area (Å²) in [6, 6.07) is 0. The first kappa shape index (κ1) is 11.9. The van der Waals surface area contributed by atoms with E-state index in [-0.39, 0.29) is 32.2 Å². The van der Waals surface area contributed by atoms with Crippen molar-refractivity contribution in [1.82, 2.24) is 4.90 Å². The van der Waals surface area contributed by atoms with Gasteiger partial charge in [-0.3, -0.25) is 4.79 Å². The summed E-state index contributed by atoms with van der Waals surface area (Å²) in [6.07, 6.45) is 7.30. The van der Waals surface area contributed by atoms with Crippen molar-refractivity contribution in [3.8, 4) is 0 Å². The minimum atomic E-state index is -0.0811. The lowest BCUT2D eigenvalue weighted by atomic mass is 10.0. The van der Waals surface area contributed by atoms with Gasteiger partial charge in [0.2, 0.25) is 5.91 Å². The largest absolute Gasteiger partial charge is 0.395 e. The van der Waals surface area contributed by atoms with E-state index in [1.54, 1.807) is 6.08 Å². The summed E-state index contributed by atoms with van der Waals surface area (Å²) in [7, 11) is 0. The lowest BCUT2D eigenvalue weighted by Gasteiger charge is -2.22. The van der Waals surface area contributed by atoms with Crippen LogP contribution in [-0.4, -0.2) is 47.3 Å². The molecule has 0 saturated heterocycles. The summed E-state index contributed by atoms with van der Waals surface area (Å²) >= 11 is 0. The molecule has 1 rings (SSSR count). The second kappa shape index (κ2) is 6.37. The van der Waals surface area contributed by atoms with Crippen LogP contribution in [0.2, 0.25) is 0 Å². The fraction of sp³-hybridized carbons (Fsp3) is 0.545. The lowest BCUT2D eigenvalue weighted by molar-refractivity contribution is -0.128. The van der Waals surface area contributed by atoms with Crippen molar-refractivity contribution in [1.29, 1.82) is 0 Å². The fourth-order valence-electron chi connectivity index (χ4n) is 1.54. The van der Waals surface area contributed by atoms with Gasteiger partial charge in [-0.05, 0) is 12.8 Å². The molecule has 0 bridgehead atoms. The van der Waals surface area contributed by atoms with Gasteiger partial charge in [0.05, 0.1) is 13.2 Å². The van der Waals surface area contributed by atoms with E-state index in [2.05, 4.69) is 0 Å². The Balaban J connectivity index is 2.61. The molecule has 4 nitrogen and oxygen atoms in total. The zero-order chi connectivity index (χ0) is 11.1. The smallest absolute Gasteiger partial charge is 0.249 e. The number of allylic oxidation sites excluding steroid dienone is 3. The molecule has 0 unspecified atom stereocenters. The topological polar surface area (TPSA) is 60.8 Å². The van der Waals surface area contributed by atoms with Crippen LogP contribution in [0, 0.1) is 0 Å². The molecule has 0 fully saturated rings. The van der Waals surface area contributed by atoms with Gasteiger partial charge in [-0.25, -0.2) is 0 Å². The molecule has 1 aliphatic rings. The van der Waals surface area contributed by atoms with Gasteiger partial charge < -0.3 is 15.1 Å². The number of carbonyl (C=O) groups excluding carboxylic acids is 1. The summed E-state index contributed by atoms with van der Waals surface area (Å²) in [5.74, 6) is -0.0811. The maximum Gasteiger partial charge on any atom is 0.249 e. The standard InChI is InChI=1S/C11H17NO3/c13-8-6-12(7-9-14)11(15)10-4-2-1-3-5-10/h1-2,4,13-14H,3,5-9H2. The summed E-state index contributed by atoms with van der Waals surface area (Å²) in [5.41, 5.74) is 0.749. The Hall–Kier alpha value is -1.13. The van der Waals surface area contributed by atoms with E-state index in [0.29, 0.717) is 0 Å². The van der Waals surface area contributed by atoms with Gasteiger partial charge in [-0.2, -0.15) is 0 Å². The molecule has 0 atom stereocenters. The van der Waals surface area contributed by atoms with Crippen LogP contribution in [0.1, 0.15) is 12.8 Å². The highest BCUT2D eigenvalue weighted by Gasteiger charge is 2.17. The van der Waals surface area contributed by atoms with Crippen molar-refractivity contribution in [2.24, 2.45) is 0 Å². The Kier molecular flexibility index (Phi) is 5.07. The third-order valence-corrected chi connectivity index (χ3v) is 2.32. The Labute approximate surface area is 89.5 Å². The SMILES string of the molecule is O=C(C1=CC=CCC1)N(CCO)CCO. The number of rotatable bonds is 5. The van der Waals surface area contributed by atoms with Gasteiger partial charge in [0.15, 0.2) is 0 Å². The van der Waals surface area contributed by atoms with E-state index in [9.17, 15) is 4.79 Å². The van der Waals surface area contributed by atoms with E-state index in [1.165, 1.54) is 4.90 Å². The minimum absolute atomic E-state index is 0.0745. The summed E-state index contributed by atoms with van der Waals surface area (Å²) in [6.45, 7) is 0.407. The van der Waals surface area contributed by atoms with Gasteiger partial charge in [-0.1, -0.05) is 18.2 Å². The number of aliphatic hydroxyl groups is 2. The molecule has 15 heavy (non-hydrogen) atoms. The molecule has 0 saturated carbocycles. The number of carbonyl (C=O) groups is 1. The molecule has 0 heterocycles. The quantitative estimate of drug-likeness (QED) is 0.677. The van der Waals surface area contributed by atoms with Crippen molar-refractivity contribution in [3.05, 3.63) is 23.8 Å². The van der Waals surface area contributed by atoms with Gasteiger partial charge in [-0.15, -0.1) is 0 Å². The first-order chi connectivity index (χ1) is 7.29. The summed E-state index contributed by atoms with van der Waals surface area (Å²) in [5, 5.41) is 17.6. The maximum atomic E-state index is 11.9. The van der Waals surface area contributed by atoms with Crippen molar-refractivity contribution >= 4 is 5.91 Å². The first-order valence-corrected chi connectivity index (χ1v) is 5.16. The molecular formula is C11H17NO3. The first-order valence-electron chi connectivity index (χ1n) is 5.16.